The molecule has 1 aromatic carbocycles. The maximum atomic E-state index is 11.7. The largest absolute Gasteiger partial charge is 0.483 e. The Kier molecular flexibility index (Phi) is 5.01. The molecule has 20 heavy (non-hydrogen) atoms. The third-order valence-electron chi connectivity index (χ3n) is 3.22. The highest BCUT2D eigenvalue weighted by atomic mass is 16.5. The molecular formula is C16H24N2O2. The van der Waals surface area contributed by atoms with Crippen LogP contribution >= 0.6 is 0 Å². The number of carbonyl (C=O) groups excluding carboxylic acids is 1. The van der Waals surface area contributed by atoms with Gasteiger partial charge >= 0.3 is 0 Å². The number of nitrogens with one attached hydrogen (secondary N) is 2. The summed E-state index contributed by atoms with van der Waals surface area (Å²) in [5, 5.41) is 6.30. The van der Waals surface area contributed by atoms with E-state index in [1.54, 1.807) is 0 Å². The lowest BCUT2D eigenvalue weighted by molar-refractivity contribution is -0.123. The van der Waals surface area contributed by atoms with Crippen molar-refractivity contribution in [1.29, 1.82) is 0 Å². The summed E-state index contributed by atoms with van der Waals surface area (Å²) in [7, 11) is 0. The second-order valence-corrected chi connectivity index (χ2v) is 5.78. The lowest BCUT2D eigenvalue weighted by atomic mass is 10.1. The van der Waals surface area contributed by atoms with E-state index in [4.69, 9.17) is 4.74 Å². The number of hydrogen-bond acceptors (Lipinski definition) is 3. The van der Waals surface area contributed by atoms with Crippen LogP contribution in [0.25, 0.3) is 0 Å². The van der Waals surface area contributed by atoms with Crippen LogP contribution in [0.3, 0.4) is 0 Å². The average molecular weight is 276 g/mol. The molecule has 2 N–H and O–H groups in total. The molecule has 0 aliphatic heterocycles. The summed E-state index contributed by atoms with van der Waals surface area (Å²) in [6, 6.07) is 6.85. The SMILES string of the molecule is Cc1ccc(OCC(=O)NC2CC2)c(CNC(C)C)c1. The van der Waals surface area contributed by atoms with E-state index in [2.05, 4.69) is 37.5 Å². The minimum Gasteiger partial charge on any atom is -0.483 e. The van der Waals surface area contributed by atoms with Crippen molar-refractivity contribution in [1.82, 2.24) is 10.6 Å². The van der Waals surface area contributed by atoms with Crippen molar-refractivity contribution in [3.05, 3.63) is 29.3 Å². The summed E-state index contributed by atoms with van der Waals surface area (Å²) in [4.78, 5) is 11.7. The van der Waals surface area contributed by atoms with Crippen molar-refractivity contribution in [2.45, 2.75) is 52.2 Å². The number of aryl methyl sites for hydroxylation is 1. The Morgan fingerprint density at radius 1 is 1.40 bits per heavy atom. The highest BCUT2D eigenvalue weighted by Crippen LogP contribution is 2.21. The first-order valence-corrected chi connectivity index (χ1v) is 7.29. The molecule has 4 heteroatoms. The summed E-state index contributed by atoms with van der Waals surface area (Å²) in [5.74, 6) is 0.755. The number of amides is 1. The van der Waals surface area contributed by atoms with Gasteiger partial charge in [0.2, 0.25) is 0 Å². The molecule has 0 heterocycles. The maximum absolute atomic E-state index is 11.7. The zero-order valence-corrected chi connectivity index (χ0v) is 12.5. The van der Waals surface area contributed by atoms with E-state index in [1.807, 2.05) is 12.1 Å². The van der Waals surface area contributed by atoms with E-state index in [-0.39, 0.29) is 12.5 Å². The molecule has 1 amide bonds. The van der Waals surface area contributed by atoms with Crippen LogP contribution < -0.4 is 15.4 Å². The molecule has 0 unspecified atom stereocenters. The Labute approximate surface area is 120 Å². The van der Waals surface area contributed by atoms with E-state index in [0.29, 0.717) is 12.1 Å². The van der Waals surface area contributed by atoms with Crippen LogP contribution in [0.4, 0.5) is 0 Å². The zero-order chi connectivity index (χ0) is 14.5. The van der Waals surface area contributed by atoms with Crippen molar-refractivity contribution in [2.24, 2.45) is 0 Å². The van der Waals surface area contributed by atoms with Gasteiger partial charge in [0.1, 0.15) is 5.75 Å². The molecule has 0 saturated heterocycles. The molecule has 1 saturated carbocycles. The Morgan fingerprint density at radius 3 is 2.80 bits per heavy atom. The fraction of sp³-hybridized carbons (Fsp3) is 0.562. The van der Waals surface area contributed by atoms with Gasteiger partial charge in [-0.3, -0.25) is 4.79 Å². The molecule has 0 aromatic heterocycles. The quantitative estimate of drug-likeness (QED) is 0.802. The van der Waals surface area contributed by atoms with Gasteiger partial charge in [0, 0.05) is 24.2 Å². The first-order valence-electron chi connectivity index (χ1n) is 7.29. The van der Waals surface area contributed by atoms with Gasteiger partial charge in [-0.15, -0.1) is 0 Å². The first-order chi connectivity index (χ1) is 9.54. The van der Waals surface area contributed by atoms with Crippen molar-refractivity contribution in [3.8, 4) is 5.75 Å². The third-order valence-corrected chi connectivity index (χ3v) is 3.22. The third kappa shape index (κ3) is 4.85. The molecule has 0 bridgehead atoms. The molecule has 1 aromatic rings. The van der Waals surface area contributed by atoms with Crippen LogP contribution in [-0.2, 0) is 11.3 Å². The van der Waals surface area contributed by atoms with Gasteiger partial charge in [-0.05, 0) is 25.8 Å². The van der Waals surface area contributed by atoms with E-state index < -0.39 is 0 Å². The molecule has 1 aliphatic carbocycles. The van der Waals surface area contributed by atoms with E-state index in [0.717, 1.165) is 30.7 Å². The van der Waals surface area contributed by atoms with Crippen LogP contribution in [-0.4, -0.2) is 24.6 Å². The summed E-state index contributed by atoms with van der Waals surface area (Å²) < 4.78 is 5.66. The summed E-state index contributed by atoms with van der Waals surface area (Å²) in [6.07, 6.45) is 2.19. The minimum atomic E-state index is -0.0316. The first kappa shape index (κ1) is 14.9. The Hall–Kier alpha value is -1.55. The minimum absolute atomic E-state index is 0.0316. The van der Waals surface area contributed by atoms with Crippen LogP contribution in [0.1, 0.15) is 37.8 Å². The summed E-state index contributed by atoms with van der Waals surface area (Å²) in [6.45, 7) is 7.12. The molecular weight excluding hydrogens is 252 g/mol. The molecule has 0 spiro atoms. The Morgan fingerprint density at radius 2 is 2.15 bits per heavy atom. The lowest BCUT2D eigenvalue weighted by Crippen LogP contribution is -2.30. The van der Waals surface area contributed by atoms with Crippen molar-refractivity contribution in [3.63, 3.8) is 0 Å². The molecule has 1 aliphatic rings. The topological polar surface area (TPSA) is 50.4 Å². The highest BCUT2D eigenvalue weighted by molar-refractivity contribution is 5.78. The fourth-order valence-corrected chi connectivity index (χ4v) is 1.94. The number of hydrogen-bond donors (Lipinski definition) is 2. The van der Waals surface area contributed by atoms with Crippen LogP contribution in [0.15, 0.2) is 18.2 Å². The molecule has 1 fully saturated rings. The predicted octanol–water partition coefficient (Wildman–Crippen LogP) is 2.15. The van der Waals surface area contributed by atoms with Crippen LogP contribution in [0.5, 0.6) is 5.75 Å². The smallest absolute Gasteiger partial charge is 0.258 e. The maximum Gasteiger partial charge on any atom is 0.258 e. The summed E-state index contributed by atoms with van der Waals surface area (Å²) in [5.41, 5.74) is 2.29. The van der Waals surface area contributed by atoms with Gasteiger partial charge in [-0.1, -0.05) is 31.5 Å². The second-order valence-electron chi connectivity index (χ2n) is 5.78. The van der Waals surface area contributed by atoms with E-state index in [9.17, 15) is 4.79 Å². The van der Waals surface area contributed by atoms with Crippen LogP contribution in [0, 0.1) is 6.92 Å². The number of rotatable bonds is 7. The fourth-order valence-electron chi connectivity index (χ4n) is 1.94. The van der Waals surface area contributed by atoms with Crippen molar-refractivity contribution >= 4 is 5.91 Å². The van der Waals surface area contributed by atoms with Crippen LogP contribution in [0.2, 0.25) is 0 Å². The van der Waals surface area contributed by atoms with Gasteiger partial charge in [-0.2, -0.15) is 0 Å². The number of benzene rings is 1. The van der Waals surface area contributed by atoms with E-state index >= 15 is 0 Å². The van der Waals surface area contributed by atoms with Gasteiger partial charge < -0.3 is 15.4 Å². The monoisotopic (exact) mass is 276 g/mol. The van der Waals surface area contributed by atoms with Gasteiger partial charge in [0.15, 0.2) is 6.61 Å². The Bertz CT molecular complexity index is 468. The number of carbonyl (C=O) groups is 1. The highest BCUT2D eigenvalue weighted by Gasteiger charge is 2.23. The van der Waals surface area contributed by atoms with E-state index in [1.165, 1.54) is 5.56 Å². The molecule has 0 atom stereocenters. The standard InChI is InChI=1S/C16H24N2O2/c1-11(2)17-9-13-8-12(3)4-7-15(13)20-10-16(19)18-14-5-6-14/h4,7-8,11,14,17H,5-6,9-10H2,1-3H3,(H,18,19). The number of ether oxygens (including phenoxy) is 1. The molecule has 4 nitrogen and oxygen atoms in total. The van der Waals surface area contributed by atoms with Crippen molar-refractivity contribution in [2.75, 3.05) is 6.61 Å². The molecule has 110 valence electrons. The summed E-state index contributed by atoms with van der Waals surface area (Å²) >= 11 is 0. The van der Waals surface area contributed by atoms with Crippen molar-refractivity contribution < 1.29 is 9.53 Å². The second kappa shape index (κ2) is 6.75. The Balaban J connectivity index is 1.92. The molecule has 2 rings (SSSR count). The normalized spacial score (nSPS) is 14.4. The van der Waals surface area contributed by atoms with Gasteiger partial charge in [0.05, 0.1) is 0 Å². The zero-order valence-electron chi connectivity index (χ0n) is 12.5. The average Bonchev–Trinajstić information content (AvgIpc) is 3.19. The van der Waals surface area contributed by atoms with Gasteiger partial charge in [0.25, 0.3) is 5.91 Å². The lowest BCUT2D eigenvalue weighted by Gasteiger charge is -2.14. The van der Waals surface area contributed by atoms with Gasteiger partial charge in [-0.25, -0.2) is 0 Å². The predicted molar refractivity (Wildman–Crippen MR) is 79.8 cm³/mol. The molecule has 0 radical (unpaired) electrons.